The number of benzene rings is 2. The zero-order chi connectivity index (χ0) is 17.0. The Morgan fingerprint density at radius 2 is 1.70 bits per heavy atom. The molecule has 0 amide bonds. The Bertz CT molecular complexity index is 785. The summed E-state index contributed by atoms with van der Waals surface area (Å²) < 4.78 is 0. The van der Waals surface area contributed by atoms with Crippen molar-refractivity contribution >= 4 is 22.8 Å². The first kappa shape index (κ1) is 16.1. The second-order valence-electron chi connectivity index (χ2n) is 4.89. The lowest BCUT2D eigenvalue weighted by Crippen LogP contribution is -2.02. The van der Waals surface area contributed by atoms with E-state index in [4.69, 9.17) is 0 Å². The summed E-state index contributed by atoms with van der Waals surface area (Å²) in [5.41, 5.74) is 4.55. The SMILES string of the molecule is CC(=NNc1ccc([N+](=O)[O-])cc1[N+](=O)[O-])c1ccc(C)cc1. The molecule has 2 rings (SSSR count). The number of nitrogens with one attached hydrogen (secondary N) is 1. The second kappa shape index (κ2) is 6.65. The van der Waals surface area contributed by atoms with Crippen molar-refractivity contribution in [2.24, 2.45) is 5.10 Å². The largest absolute Gasteiger partial charge is 0.301 e. The number of hydrogen-bond donors (Lipinski definition) is 1. The molecule has 0 unspecified atom stereocenters. The van der Waals surface area contributed by atoms with Crippen LogP contribution in [-0.4, -0.2) is 15.6 Å². The number of nitro groups is 2. The minimum absolute atomic E-state index is 0.0899. The van der Waals surface area contributed by atoms with E-state index in [2.05, 4.69) is 10.5 Å². The Hall–Kier alpha value is -3.29. The minimum Gasteiger partial charge on any atom is -0.271 e. The highest BCUT2D eigenvalue weighted by atomic mass is 16.6. The van der Waals surface area contributed by atoms with Crippen LogP contribution >= 0.6 is 0 Å². The Morgan fingerprint density at radius 1 is 1.04 bits per heavy atom. The quantitative estimate of drug-likeness (QED) is 0.514. The first-order chi connectivity index (χ1) is 10.9. The molecule has 1 N–H and O–H groups in total. The standard InChI is InChI=1S/C15H14N4O4/c1-10-3-5-12(6-4-10)11(2)16-17-14-8-7-13(18(20)21)9-15(14)19(22)23/h3-9,17H,1-2H3. The smallest absolute Gasteiger partial charge is 0.271 e. The summed E-state index contributed by atoms with van der Waals surface area (Å²) in [6.07, 6.45) is 0. The van der Waals surface area contributed by atoms with E-state index in [1.54, 1.807) is 6.92 Å². The van der Waals surface area contributed by atoms with E-state index in [1.807, 2.05) is 31.2 Å². The highest BCUT2D eigenvalue weighted by Crippen LogP contribution is 2.29. The van der Waals surface area contributed by atoms with Gasteiger partial charge >= 0.3 is 5.69 Å². The summed E-state index contributed by atoms with van der Waals surface area (Å²) in [4.78, 5) is 20.4. The van der Waals surface area contributed by atoms with Crippen LogP contribution in [0.25, 0.3) is 0 Å². The highest BCUT2D eigenvalue weighted by Gasteiger charge is 2.19. The van der Waals surface area contributed by atoms with Gasteiger partial charge in [-0.1, -0.05) is 29.8 Å². The molecule has 0 aliphatic rings. The number of anilines is 1. The molecule has 0 aromatic heterocycles. The number of nitrogens with zero attached hydrogens (tertiary/aromatic N) is 3. The number of hydrogen-bond acceptors (Lipinski definition) is 6. The molecule has 23 heavy (non-hydrogen) atoms. The Labute approximate surface area is 131 Å². The van der Waals surface area contributed by atoms with Crippen LogP contribution in [-0.2, 0) is 0 Å². The van der Waals surface area contributed by atoms with Gasteiger partial charge in [-0.25, -0.2) is 0 Å². The van der Waals surface area contributed by atoms with Crippen molar-refractivity contribution in [3.05, 3.63) is 73.8 Å². The van der Waals surface area contributed by atoms with E-state index in [0.717, 1.165) is 17.2 Å². The van der Waals surface area contributed by atoms with Crippen LogP contribution in [0.4, 0.5) is 17.1 Å². The number of nitro benzene ring substituents is 2. The monoisotopic (exact) mass is 314 g/mol. The van der Waals surface area contributed by atoms with E-state index in [9.17, 15) is 20.2 Å². The lowest BCUT2D eigenvalue weighted by atomic mass is 10.1. The van der Waals surface area contributed by atoms with Crippen molar-refractivity contribution in [2.75, 3.05) is 5.43 Å². The van der Waals surface area contributed by atoms with E-state index in [0.29, 0.717) is 5.71 Å². The maximum Gasteiger partial charge on any atom is 0.301 e. The molecular formula is C15H14N4O4. The lowest BCUT2D eigenvalue weighted by molar-refractivity contribution is -0.393. The Balaban J connectivity index is 2.28. The van der Waals surface area contributed by atoms with Gasteiger partial charge in [0.2, 0.25) is 0 Å². The highest BCUT2D eigenvalue weighted by molar-refractivity contribution is 5.99. The first-order valence-corrected chi connectivity index (χ1v) is 6.68. The van der Waals surface area contributed by atoms with Crippen molar-refractivity contribution < 1.29 is 9.85 Å². The Kier molecular flexibility index (Phi) is 4.65. The van der Waals surface area contributed by atoms with E-state index >= 15 is 0 Å². The average molecular weight is 314 g/mol. The topological polar surface area (TPSA) is 111 Å². The van der Waals surface area contributed by atoms with Crippen LogP contribution in [0.15, 0.2) is 47.6 Å². The first-order valence-electron chi connectivity index (χ1n) is 6.68. The normalized spacial score (nSPS) is 11.1. The van der Waals surface area contributed by atoms with Crippen molar-refractivity contribution in [1.29, 1.82) is 0 Å². The van der Waals surface area contributed by atoms with Gasteiger partial charge in [-0.2, -0.15) is 5.10 Å². The molecule has 118 valence electrons. The zero-order valence-electron chi connectivity index (χ0n) is 12.5. The molecule has 8 heteroatoms. The van der Waals surface area contributed by atoms with Gasteiger partial charge < -0.3 is 0 Å². The zero-order valence-corrected chi connectivity index (χ0v) is 12.5. The second-order valence-corrected chi connectivity index (χ2v) is 4.89. The predicted octanol–water partition coefficient (Wildman–Crippen LogP) is 3.65. The van der Waals surface area contributed by atoms with Crippen LogP contribution < -0.4 is 5.43 Å². The molecular weight excluding hydrogens is 300 g/mol. The van der Waals surface area contributed by atoms with E-state index in [1.165, 1.54) is 12.1 Å². The number of hydrazone groups is 1. The van der Waals surface area contributed by atoms with Gasteiger partial charge in [0.1, 0.15) is 5.69 Å². The molecule has 0 heterocycles. The van der Waals surface area contributed by atoms with Crippen LogP contribution in [0.5, 0.6) is 0 Å². The molecule has 8 nitrogen and oxygen atoms in total. The number of rotatable bonds is 5. The molecule has 2 aromatic rings. The van der Waals surface area contributed by atoms with Crippen molar-refractivity contribution in [3.8, 4) is 0 Å². The fourth-order valence-electron chi connectivity index (χ4n) is 1.88. The molecule has 0 spiro atoms. The summed E-state index contributed by atoms with van der Waals surface area (Å²) in [6, 6.07) is 11.0. The molecule has 0 fully saturated rings. The molecule has 0 bridgehead atoms. The molecule has 0 aliphatic heterocycles. The van der Waals surface area contributed by atoms with E-state index in [-0.39, 0.29) is 11.4 Å². The fraction of sp³-hybridized carbons (Fsp3) is 0.133. The predicted molar refractivity (Wildman–Crippen MR) is 86.8 cm³/mol. The number of non-ortho nitro benzene ring substituents is 1. The van der Waals surface area contributed by atoms with Crippen LogP contribution in [0.3, 0.4) is 0 Å². The van der Waals surface area contributed by atoms with Gasteiger partial charge in [-0.15, -0.1) is 0 Å². The maximum absolute atomic E-state index is 11.0. The van der Waals surface area contributed by atoms with Gasteiger partial charge in [0.25, 0.3) is 5.69 Å². The van der Waals surface area contributed by atoms with Crippen molar-refractivity contribution in [2.45, 2.75) is 13.8 Å². The van der Waals surface area contributed by atoms with Gasteiger partial charge in [-0.3, -0.25) is 25.7 Å². The summed E-state index contributed by atoms with van der Waals surface area (Å²) in [5, 5.41) is 25.8. The summed E-state index contributed by atoms with van der Waals surface area (Å²) >= 11 is 0. The van der Waals surface area contributed by atoms with Crippen LogP contribution in [0.2, 0.25) is 0 Å². The summed E-state index contributed by atoms with van der Waals surface area (Å²) in [6.45, 7) is 3.73. The van der Waals surface area contributed by atoms with Gasteiger partial charge in [-0.05, 0) is 25.5 Å². The molecule has 2 aromatic carbocycles. The fourth-order valence-corrected chi connectivity index (χ4v) is 1.88. The van der Waals surface area contributed by atoms with Gasteiger partial charge in [0, 0.05) is 6.07 Å². The summed E-state index contributed by atoms with van der Waals surface area (Å²) in [7, 11) is 0. The maximum atomic E-state index is 11.0. The molecule has 0 saturated carbocycles. The van der Waals surface area contributed by atoms with Crippen LogP contribution in [0.1, 0.15) is 18.1 Å². The average Bonchev–Trinajstić information content (AvgIpc) is 2.52. The molecule has 0 saturated heterocycles. The van der Waals surface area contributed by atoms with Crippen molar-refractivity contribution in [3.63, 3.8) is 0 Å². The van der Waals surface area contributed by atoms with Gasteiger partial charge in [0.05, 0.1) is 21.6 Å². The van der Waals surface area contributed by atoms with Crippen molar-refractivity contribution in [1.82, 2.24) is 0 Å². The van der Waals surface area contributed by atoms with E-state index < -0.39 is 15.5 Å². The third-order valence-corrected chi connectivity index (χ3v) is 3.20. The summed E-state index contributed by atoms with van der Waals surface area (Å²) in [5.74, 6) is 0. The van der Waals surface area contributed by atoms with Crippen LogP contribution in [0, 0.1) is 27.2 Å². The van der Waals surface area contributed by atoms with Gasteiger partial charge in [0.15, 0.2) is 0 Å². The third kappa shape index (κ3) is 3.88. The molecule has 0 radical (unpaired) electrons. The minimum atomic E-state index is -0.688. The lowest BCUT2D eigenvalue weighted by Gasteiger charge is -2.05. The molecule has 0 atom stereocenters. The third-order valence-electron chi connectivity index (χ3n) is 3.20. The number of aryl methyl sites for hydroxylation is 1. The molecule has 0 aliphatic carbocycles. The Morgan fingerprint density at radius 3 is 2.26 bits per heavy atom.